The third kappa shape index (κ3) is 5.85. The predicted octanol–water partition coefficient (Wildman–Crippen LogP) is 2.96. The van der Waals surface area contributed by atoms with Gasteiger partial charge in [0.25, 0.3) is 0 Å². The lowest BCUT2D eigenvalue weighted by atomic mass is 10.2. The molecule has 0 saturated carbocycles. The van der Waals surface area contributed by atoms with Gasteiger partial charge in [0.05, 0.1) is 6.54 Å². The van der Waals surface area contributed by atoms with Crippen molar-refractivity contribution in [2.45, 2.75) is 20.4 Å². The molecule has 3 nitrogen and oxygen atoms in total. The van der Waals surface area contributed by atoms with Crippen LogP contribution in [0.15, 0.2) is 22.7 Å². The van der Waals surface area contributed by atoms with E-state index < -0.39 is 0 Å². The first kappa shape index (κ1) is 15.5. The Morgan fingerprint density at radius 1 is 1.44 bits per heavy atom. The number of carbonyl (C=O) groups excluding carboxylic acids is 1. The van der Waals surface area contributed by atoms with E-state index in [0.29, 0.717) is 30.6 Å². The van der Waals surface area contributed by atoms with Crippen LogP contribution in [0, 0.1) is 5.92 Å². The van der Waals surface area contributed by atoms with Crippen molar-refractivity contribution in [3.63, 3.8) is 0 Å². The molecule has 0 atom stereocenters. The number of benzene rings is 1. The summed E-state index contributed by atoms with van der Waals surface area (Å²) >= 11 is 9.43. The molecule has 1 aromatic rings. The van der Waals surface area contributed by atoms with Crippen molar-refractivity contribution in [3.8, 4) is 0 Å². The molecule has 0 bridgehead atoms. The zero-order valence-corrected chi connectivity index (χ0v) is 12.9. The Hall–Kier alpha value is -0.580. The lowest BCUT2D eigenvalue weighted by Crippen LogP contribution is -2.35. The minimum Gasteiger partial charge on any atom is -0.355 e. The van der Waals surface area contributed by atoms with E-state index in [1.165, 1.54) is 0 Å². The van der Waals surface area contributed by atoms with Gasteiger partial charge in [-0.25, -0.2) is 0 Å². The fourth-order valence-electron chi connectivity index (χ4n) is 1.36. The number of hydrogen-bond donors (Lipinski definition) is 2. The Labute approximate surface area is 121 Å². The average Bonchev–Trinajstić information content (AvgIpc) is 2.29. The molecule has 18 heavy (non-hydrogen) atoms. The molecule has 1 amide bonds. The van der Waals surface area contributed by atoms with Gasteiger partial charge in [-0.15, -0.1) is 0 Å². The Balaban J connectivity index is 2.31. The molecule has 1 aromatic carbocycles. The molecular formula is C13H18BrClN2O. The maximum absolute atomic E-state index is 11.5. The highest BCUT2D eigenvalue weighted by Crippen LogP contribution is 2.20. The molecule has 0 aliphatic heterocycles. The number of hydrogen-bond acceptors (Lipinski definition) is 2. The van der Waals surface area contributed by atoms with E-state index in [0.717, 1.165) is 10.0 Å². The van der Waals surface area contributed by atoms with Gasteiger partial charge in [0.2, 0.25) is 5.91 Å². The van der Waals surface area contributed by atoms with E-state index in [-0.39, 0.29) is 5.91 Å². The summed E-state index contributed by atoms with van der Waals surface area (Å²) in [7, 11) is 0. The number of rotatable bonds is 6. The second-order valence-corrected chi connectivity index (χ2v) is 5.86. The van der Waals surface area contributed by atoms with Crippen LogP contribution in [0.25, 0.3) is 0 Å². The van der Waals surface area contributed by atoms with Crippen molar-refractivity contribution in [2.75, 3.05) is 13.1 Å². The Morgan fingerprint density at radius 2 is 2.17 bits per heavy atom. The first-order valence-electron chi connectivity index (χ1n) is 5.90. The lowest BCUT2D eigenvalue weighted by Gasteiger charge is -2.09. The van der Waals surface area contributed by atoms with Gasteiger partial charge in [-0.2, -0.15) is 0 Å². The average molecular weight is 334 g/mol. The molecule has 0 aromatic heterocycles. The monoisotopic (exact) mass is 332 g/mol. The standard InChI is InChI=1S/C13H18BrClN2O/c1-9(2)6-17-13(18)8-16-7-10-3-4-11(14)5-12(10)15/h3-5,9,16H,6-8H2,1-2H3,(H,17,18). The van der Waals surface area contributed by atoms with Crippen LogP contribution < -0.4 is 10.6 Å². The van der Waals surface area contributed by atoms with Gasteiger partial charge in [0, 0.05) is 22.6 Å². The molecule has 0 aliphatic carbocycles. The highest BCUT2D eigenvalue weighted by Gasteiger charge is 2.04. The first-order chi connectivity index (χ1) is 8.49. The summed E-state index contributed by atoms with van der Waals surface area (Å²) in [6.45, 7) is 5.73. The number of nitrogens with one attached hydrogen (secondary N) is 2. The van der Waals surface area contributed by atoms with E-state index in [9.17, 15) is 4.79 Å². The van der Waals surface area contributed by atoms with Crippen molar-refractivity contribution >= 4 is 33.4 Å². The molecule has 100 valence electrons. The summed E-state index contributed by atoms with van der Waals surface area (Å²) < 4.78 is 0.950. The molecular weight excluding hydrogens is 316 g/mol. The molecule has 0 fully saturated rings. The summed E-state index contributed by atoms with van der Waals surface area (Å²) in [6.07, 6.45) is 0. The Kier molecular flexibility index (Phi) is 6.68. The summed E-state index contributed by atoms with van der Waals surface area (Å²) in [5.74, 6) is 0.479. The van der Waals surface area contributed by atoms with E-state index in [1.54, 1.807) is 0 Å². The Bertz CT molecular complexity index is 410. The topological polar surface area (TPSA) is 41.1 Å². The predicted molar refractivity (Wildman–Crippen MR) is 78.7 cm³/mol. The summed E-state index contributed by atoms with van der Waals surface area (Å²) in [5, 5.41) is 6.62. The van der Waals surface area contributed by atoms with Gasteiger partial charge in [-0.1, -0.05) is 47.4 Å². The fourth-order valence-corrected chi connectivity index (χ4v) is 2.10. The maximum atomic E-state index is 11.5. The van der Waals surface area contributed by atoms with Gasteiger partial charge < -0.3 is 10.6 Å². The van der Waals surface area contributed by atoms with Gasteiger partial charge in [0.1, 0.15) is 0 Å². The van der Waals surface area contributed by atoms with Crippen molar-refractivity contribution in [1.82, 2.24) is 10.6 Å². The van der Waals surface area contributed by atoms with Crippen molar-refractivity contribution in [3.05, 3.63) is 33.3 Å². The maximum Gasteiger partial charge on any atom is 0.233 e. The summed E-state index contributed by atoms with van der Waals surface area (Å²) in [5.41, 5.74) is 0.983. The van der Waals surface area contributed by atoms with Gasteiger partial charge in [-0.3, -0.25) is 4.79 Å². The van der Waals surface area contributed by atoms with Gasteiger partial charge >= 0.3 is 0 Å². The Morgan fingerprint density at radius 3 is 2.78 bits per heavy atom. The quantitative estimate of drug-likeness (QED) is 0.840. The minimum atomic E-state index is 0.0111. The SMILES string of the molecule is CC(C)CNC(=O)CNCc1ccc(Br)cc1Cl. The third-order valence-electron chi connectivity index (χ3n) is 2.32. The normalized spacial score (nSPS) is 10.7. The molecule has 0 heterocycles. The second kappa shape index (κ2) is 7.77. The highest BCUT2D eigenvalue weighted by molar-refractivity contribution is 9.10. The highest BCUT2D eigenvalue weighted by atomic mass is 79.9. The minimum absolute atomic E-state index is 0.0111. The molecule has 1 rings (SSSR count). The van der Waals surface area contributed by atoms with Gasteiger partial charge in [0.15, 0.2) is 0 Å². The van der Waals surface area contributed by atoms with Crippen molar-refractivity contribution in [2.24, 2.45) is 5.92 Å². The zero-order chi connectivity index (χ0) is 13.5. The van der Waals surface area contributed by atoms with Crippen LogP contribution >= 0.6 is 27.5 Å². The molecule has 0 unspecified atom stereocenters. The van der Waals surface area contributed by atoms with E-state index in [2.05, 4.69) is 40.4 Å². The zero-order valence-electron chi connectivity index (χ0n) is 10.6. The number of carbonyl (C=O) groups is 1. The van der Waals surface area contributed by atoms with E-state index >= 15 is 0 Å². The largest absolute Gasteiger partial charge is 0.355 e. The van der Waals surface area contributed by atoms with E-state index in [4.69, 9.17) is 11.6 Å². The number of halogens is 2. The molecule has 0 saturated heterocycles. The van der Waals surface area contributed by atoms with Crippen LogP contribution in [0.1, 0.15) is 19.4 Å². The lowest BCUT2D eigenvalue weighted by molar-refractivity contribution is -0.120. The van der Waals surface area contributed by atoms with Crippen LogP contribution in [-0.2, 0) is 11.3 Å². The third-order valence-corrected chi connectivity index (χ3v) is 3.17. The fraction of sp³-hybridized carbons (Fsp3) is 0.462. The number of amides is 1. The van der Waals surface area contributed by atoms with Crippen LogP contribution in [0.2, 0.25) is 5.02 Å². The van der Waals surface area contributed by atoms with Crippen molar-refractivity contribution < 1.29 is 4.79 Å². The smallest absolute Gasteiger partial charge is 0.233 e. The van der Waals surface area contributed by atoms with Crippen LogP contribution in [0.3, 0.4) is 0 Å². The van der Waals surface area contributed by atoms with Crippen LogP contribution in [0.5, 0.6) is 0 Å². The molecule has 5 heteroatoms. The second-order valence-electron chi connectivity index (χ2n) is 4.54. The summed E-state index contributed by atoms with van der Waals surface area (Å²) in [4.78, 5) is 11.5. The molecule has 0 aliphatic rings. The van der Waals surface area contributed by atoms with Crippen LogP contribution in [-0.4, -0.2) is 19.0 Å². The van der Waals surface area contributed by atoms with Crippen LogP contribution in [0.4, 0.5) is 0 Å². The summed E-state index contributed by atoms with van der Waals surface area (Å²) in [6, 6.07) is 5.71. The van der Waals surface area contributed by atoms with Gasteiger partial charge in [-0.05, 0) is 23.6 Å². The molecule has 0 radical (unpaired) electrons. The van der Waals surface area contributed by atoms with E-state index in [1.807, 2.05) is 18.2 Å². The molecule has 0 spiro atoms. The molecule has 2 N–H and O–H groups in total. The first-order valence-corrected chi connectivity index (χ1v) is 7.07. The van der Waals surface area contributed by atoms with Crippen molar-refractivity contribution in [1.29, 1.82) is 0 Å².